The standard InChI is InChI=1S/C17H23N5O2/c18-11-12-5-3-4-10-22(12)15(23)8-9-19-17(24)16-13-6-1-2-7-14(13)20-21-16/h1-2,6-7,12H,3-5,8-11,18H2,(H,19,24)(H,20,21). The van der Waals surface area contributed by atoms with E-state index in [2.05, 4.69) is 15.5 Å². The lowest BCUT2D eigenvalue weighted by atomic mass is 10.0. The summed E-state index contributed by atoms with van der Waals surface area (Å²) in [6.07, 6.45) is 3.39. The lowest BCUT2D eigenvalue weighted by Crippen LogP contribution is -2.48. The largest absolute Gasteiger partial charge is 0.350 e. The van der Waals surface area contributed by atoms with Gasteiger partial charge in [-0.25, -0.2) is 0 Å². The van der Waals surface area contributed by atoms with Crippen molar-refractivity contribution < 1.29 is 9.59 Å². The van der Waals surface area contributed by atoms with Crippen LogP contribution in [0.2, 0.25) is 0 Å². The first kappa shape index (κ1) is 16.4. The van der Waals surface area contributed by atoms with Crippen molar-refractivity contribution in [3.63, 3.8) is 0 Å². The third kappa shape index (κ3) is 3.41. The van der Waals surface area contributed by atoms with Gasteiger partial charge in [0.25, 0.3) is 5.91 Å². The van der Waals surface area contributed by atoms with Gasteiger partial charge in [0.15, 0.2) is 5.69 Å². The highest BCUT2D eigenvalue weighted by Crippen LogP contribution is 2.17. The molecular weight excluding hydrogens is 306 g/mol. The summed E-state index contributed by atoms with van der Waals surface area (Å²) in [4.78, 5) is 26.5. The van der Waals surface area contributed by atoms with E-state index < -0.39 is 0 Å². The molecule has 1 unspecified atom stereocenters. The topological polar surface area (TPSA) is 104 Å². The average molecular weight is 329 g/mol. The minimum Gasteiger partial charge on any atom is -0.350 e. The Bertz CT molecular complexity index is 727. The monoisotopic (exact) mass is 329 g/mol. The van der Waals surface area contributed by atoms with E-state index in [0.29, 0.717) is 18.8 Å². The predicted octanol–water partition coefficient (Wildman–Crippen LogP) is 1.02. The minimum atomic E-state index is -0.269. The summed E-state index contributed by atoms with van der Waals surface area (Å²) in [6, 6.07) is 7.59. The summed E-state index contributed by atoms with van der Waals surface area (Å²) in [5.41, 5.74) is 6.92. The van der Waals surface area contributed by atoms with Gasteiger partial charge in [-0.15, -0.1) is 0 Å². The highest BCUT2D eigenvalue weighted by atomic mass is 16.2. The van der Waals surface area contributed by atoms with Crippen LogP contribution in [-0.2, 0) is 4.79 Å². The summed E-state index contributed by atoms with van der Waals surface area (Å²) in [7, 11) is 0. The van der Waals surface area contributed by atoms with Crippen LogP contribution in [-0.4, -0.2) is 52.6 Å². The van der Waals surface area contributed by atoms with Gasteiger partial charge in [-0.2, -0.15) is 5.10 Å². The third-order valence-electron chi connectivity index (χ3n) is 4.53. The number of carbonyl (C=O) groups is 2. The molecule has 4 N–H and O–H groups in total. The number of piperidine rings is 1. The molecular formula is C17H23N5O2. The number of nitrogens with two attached hydrogens (primary N) is 1. The number of benzene rings is 1. The van der Waals surface area contributed by atoms with Crippen molar-refractivity contribution in [3.8, 4) is 0 Å². The maximum atomic E-state index is 12.3. The highest BCUT2D eigenvalue weighted by Gasteiger charge is 2.25. The Kier molecular flexibility index (Phi) is 5.10. The van der Waals surface area contributed by atoms with Gasteiger partial charge in [-0.05, 0) is 25.3 Å². The fraction of sp³-hybridized carbons (Fsp3) is 0.471. The number of aromatic nitrogens is 2. The Labute approximate surface area is 140 Å². The zero-order valence-electron chi connectivity index (χ0n) is 13.6. The SMILES string of the molecule is NCC1CCCCN1C(=O)CCNC(=O)c1n[nH]c2ccccc12. The van der Waals surface area contributed by atoms with Crippen molar-refractivity contribution in [1.29, 1.82) is 0 Å². The first-order valence-corrected chi connectivity index (χ1v) is 8.41. The second kappa shape index (κ2) is 7.44. The Morgan fingerprint density at radius 1 is 1.33 bits per heavy atom. The molecule has 7 nitrogen and oxygen atoms in total. The minimum absolute atomic E-state index is 0.0531. The van der Waals surface area contributed by atoms with Gasteiger partial charge in [0, 0.05) is 37.5 Å². The Balaban J connectivity index is 1.54. The lowest BCUT2D eigenvalue weighted by molar-refractivity contribution is -0.134. The van der Waals surface area contributed by atoms with E-state index in [1.54, 1.807) is 0 Å². The van der Waals surface area contributed by atoms with Crippen LogP contribution >= 0.6 is 0 Å². The molecule has 1 aromatic carbocycles. The number of amides is 2. The number of carbonyl (C=O) groups excluding carboxylic acids is 2. The third-order valence-corrected chi connectivity index (χ3v) is 4.53. The molecule has 1 fully saturated rings. The fourth-order valence-corrected chi connectivity index (χ4v) is 3.22. The molecule has 1 aliphatic heterocycles. The highest BCUT2D eigenvalue weighted by molar-refractivity contribution is 6.04. The lowest BCUT2D eigenvalue weighted by Gasteiger charge is -2.35. The van der Waals surface area contributed by atoms with Gasteiger partial charge < -0.3 is 16.0 Å². The zero-order valence-corrected chi connectivity index (χ0v) is 13.6. The average Bonchev–Trinajstić information content (AvgIpc) is 3.05. The molecule has 1 aromatic heterocycles. The number of H-pyrrole nitrogens is 1. The maximum absolute atomic E-state index is 12.3. The van der Waals surface area contributed by atoms with E-state index in [0.717, 1.165) is 36.7 Å². The molecule has 2 amide bonds. The van der Waals surface area contributed by atoms with E-state index in [-0.39, 0.29) is 24.3 Å². The van der Waals surface area contributed by atoms with Crippen molar-refractivity contribution in [1.82, 2.24) is 20.4 Å². The second-order valence-corrected chi connectivity index (χ2v) is 6.10. The molecule has 0 saturated carbocycles. The van der Waals surface area contributed by atoms with Crippen LogP contribution in [0.25, 0.3) is 10.9 Å². The Morgan fingerprint density at radius 3 is 3.00 bits per heavy atom. The number of likely N-dealkylation sites (tertiary alicyclic amines) is 1. The molecule has 1 atom stereocenters. The van der Waals surface area contributed by atoms with Crippen LogP contribution in [0.1, 0.15) is 36.2 Å². The molecule has 2 heterocycles. The van der Waals surface area contributed by atoms with Gasteiger partial charge >= 0.3 is 0 Å². The number of hydrogen-bond donors (Lipinski definition) is 3. The Hall–Kier alpha value is -2.41. The molecule has 24 heavy (non-hydrogen) atoms. The van der Waals surface area contributed by atoms with Crippen molar-refractivity contribution in [3.05, 3.63) is 30.0 Å². The Morgan fingerprint density at radius 2 is 2.17 bits per heavy atom. The van der Waals surface area contributed by atoms with Crippen LogP contribution < -0.4 is 11.1 Å². The summed E-state index contributed by atoms with van der Waals surface area (Å²) in [6.45, 7) is 1.56. The number of nitrogens with one attached hydrogen (secondary N) is 2. The van der Waals surface area contributed by atoms with Gasteiger partial charge in [-0.1, -0.05) is 18.2 Å². The van der Waals surface area contributed by atoms with E-state index in [9.17, 15) is 9.59 Å². The van der Waals surface area contributed by atoms with Crippen molar-refractivity contribution in [2.45, 2.75) is 31.7 Å². The number of fused-ring (bicyclic) bond motifs is 1. The molecule has 128 valence electrons. The van der Waals surface area contributed by atoms with Gasteiger partial charge in [0.2, 0.25) is 5.91 Å². The molecule has 1 saturated heterocycles. The zero-order chi connectivity index (χ0) is 16.9. The van der Waals surface area contributed by atoms with Crippen LogP contribution in [0.5, 0.6) is 0 Å². The summed E-state index contributed by atoms with van der Waals surface area (Å²) >= 11 is 0. The first-order valence-electron chi connectivity index (χ1n) is 8.41. The van der Waals surface area contributed by atoms with Crippen LogP contribution in [0, 0.1) is 0 Å². The normalized spacial score (nSPS) is 17.9. The molecule has 0 aliphatic carbocycles. The molecule has 0 spiro atoms. The number of rotatable bonds is 5. The number of nitrogens with zero attached hydrogens (tertiary/aromatic N) is 2. The van der Waals surface area contributed by atoms with Crippen LogP contribution in [0.15, 0.2) is 24.3 Å². The summed E-state index contributed by atoms with van der Waals surface area (Å²) in [5, 5.41) is 10.5. The number of hydrogen-bond acceptors (Lipinski definition) is 4. The summed E-state index contributed by atoms with van der Waals surface area (Å²) in [5.74, 6) is -0.216. The first-order chi connectivity index (χ1) is 11.7. The molecule has 0 bridgehead atoms. The molecule has 0 radical (unpaired) electrons. The predicted molar refractivity (Wildman–Crippen MR) is 91.5 cm³/mol. The van der Waals surface area contributed by atoms with Crippen molar-refractivity contribution in [2.75, 3.05) is 19.6 Å². The van der Waals surface area contributed by atoms with Gasteiger partial charge in [0.05, 0.1) is 5.52 Å². The van der Waals surface area contributed by atoms with Crippen molar-refractivity contribution >= 4 is 22.7 Å². The number of aromatic amines is 1. The van der Waals surface area contributed by atoms with Gasteiger partial charge in [0.1, 0.15) is 0 Å². The van der Waals surface area contributed by atoms with E-state index in [1.807, 2.05) is 29.2 Å². The molecule has 1 aliphatic rings. The van der Waals surface area contributed by atoms with E-state index >= 15 is 0 Å². The second-order valence-electron chi connectivity index (χ2n) is 6.10. The molecule has 3 rings (SSSR count). The van der Waals surface area contributed by atoms with Crippen LogP contribution in [0.4, 0.5) is 0 Å². The van der Waals surface area contributed by atoms with Gasteiger partial charge in [-0.3, -0.25) is 14.7 Å². The maximum Gasteiger partial charge on any atom is 0.272 e. The van der Waals surface area contributed by atoms with Crippen LogP contribution in [0.3, 0.4) is 0 Å². The summed E-state index contributed by atoms with van der Waals surface area (Å²) < 4.78 is 0. The van der Waals surface area contributed by atoms with Crippen molar-refractivity contribution in [2.24, 2.45) is 5.73 Å². The smallest absolute Gasteiger partial charge is 0.272 e. The van der Waals surface area contributed by atoms with E-state index in [1.165, 1.54) is 0 Å². The van der Waals surface area contributed by atoms with E-state index in [4.69, 9.17) is 5.73 Å². The molecule has 2 aromatic rings. The molecule has 7 heteroatoms. The number of para-hydroxylation sites is 1. The fourth-order valence-electron chi connectivity index (χ4n) is 3.22. The quantitative estimate of drug-likeness (QED) is 0.762.